The summed E-state index contributed by atoms with van der Waals surface area (Å²) in [7, 11) is 0. The third-order valence-electron chi connectivity index (χ3n) is 4.03. The Morgan fingerprint density at radius 1 is 1.38 bits per heavy atom. The van der Waals surface area contributed by atoms with Gasteiger partial charge in [-0.05, 0) is 25.0 Å². The molecule has 1 unspecified atom stereocenters. The Bertz CT molecular complexity index is 718. The molecule has 2 aromatic rings. The molecule has 2 heterocycles. The number of carbonyl (C=O) groups excluding carboxylic acids is 1. The summed E-state index contributed by atoms with van der Waals surface area (Å²) in [4.78, 5) is 30.9. The van der Waals surface area contributed by atoms with E-state index in [-0.39, 0.29) is 5.91 Å². The average Bonchev–Trinajstić information content (AvgIpc) is 3.13. The predicted octanol–water partition coefficient (Wildman–Crippen LogP) is 3.37. The third kappa shape index (κ3) is 3.96. The number of likely N-dealkylation sites (tertiary alicyclic amines) is 1. The van der Waals surface area contributed by atoms with Gasteiger partial charge in [-0.3, -0.25) is 9.59 Å². The number of nitrogens with zero attached hydrogens (tertiary/aromatic N) is 2. The number of benzene rings is 1. The lowest BCUT2D eigenvalue weighted by molar-refractivity contribution is -0.143. The van der Waals surface area contributed by atoms with Gasteiger partial charge in [-0.1, -0.05) is 12.1 Å². The third-order valence-corrected chi connectivity index (χ3v) is 5.78. The molecule has 1 amide bonds. The summed E-state index contributed by atoms with van der Waals surface area (Å²) >= 11 is 3.14. The van der Waals surface area contributed by atoms with Crippen molar-refractivity contribution in [3.63, 3.8) is 0 Å². The number of rotatable bonds is 5. The highest BCUT2D eigenvalue weighted by Gasteiger charge is 2.29. The molecular weight excluding hydrogens is 344 g/mol. The number of amides is 1. The van der Waals surface area contributed by atoms with Crippen molar-refractivity contribution in [3.8, 4) is 0 Å². The number of hydrogen-bond donors (Lipinski definition) is 1. The maximum absolute atomic E-state index is 12.9. The van der Waals surface area contributed by atoms with E-state index in [0.717, 1.165) is 17.0 Å². The Kier molecular flexibility index (Phi) is 5.52. The van der Waals surface area contributed by atoms with Crippen LogP contribution >= 0.6 is 23.1 Å². The zero-order valence-electron chi connectivity index (χ0n) is 13.1. The van der Waals surface area contributed by atoms with Gasteiger partial charge in [-0.2, -0.15) is 0 Å². The smallest absolute Gasteiger partial charge is 0.308 e. The molecule has 1 aromatic heterocycles. The molecule has 5 nitrogen and oxygen atoms in total. The molecule has 0 radical (unpaired) electrons. The molecule has 1 aliphatic rings. The number of piperidine rings is 1. The number of carboxylic acids is 1. The fourth-order valence-corrected chi connectivity index (χ4v) is 4.37. The number of aromatic nitrogens is 1. The first-order chi connectivity index (χ1) is 11.6. The summed E-state index contributed by atoms with van der Waals surface area (Å²) in [5.41, 5.74) is 3.44. The van der Waals surface area contributed by atoms with Crippen LogP contribution in [-0.4, -0.2) is 40.0 Å². The summed E-state index contributed by atoms with van der Waals surface area (Å²) in [5.74, 6) is -0.649. The second-order valence-corrected chi connectivity index (χ2v) is 7.43. The second kappa shape index (κ2) is 7.81. The molecular formula is C17H18N2O3S2. The van der Waals surface area contributed by atoms with E-state index in [2.05, 4.69) is 4.98 Å². The van der Waals surface area contributed by atoms with E-state index in [1.165, 1.54) is 0 Å². The first-order valence-corrected chi connectivity index (χ1v) is 9.69. The molecule has 1 fully saturated rings. The molecule has 0 spiro atoms. The van der Waals surface area contributed by atoms with Gasteiger partial charge in [0.2, 0.25) is 0 Å². The highest BCUT2D eigenvalue weighted by molar-refractivity contribution is 7.98. The second-order valence-electron chi connectivity index (χ2n) is 5.69. The van der Waals surface area contributed by atoms with Gasteiger partial charge in [0.15, 0.2) is 0 Å². The predicted molar refractivity (Wildman–Crippen MR) is 94.4 cm³/mol. The number of carboxylic acid groups (broad SMARTS) is 1. The minimum absolute atomic E-state index is 0.0812. The zero-order valence-corrected chi connectivity index (χ0v) is 14.7. The first kappa shape index (κ1) is 17.0. The molecule has 7 heteroatoms. The van der Waals surface area contributed by atoms with Crippen molar-refractivity contribution in [2.24, 2.45) is 5.92 Å². The Balaban J connectivity index is 1.73. The van der Waals surface area contributed by atoms with E-state index in [9.17, 15) is 14.7 Å². The van der Waals surface area contributed by atoms with E-state index in [0.29, 0.717) is 30.8 Å². The lowest BCUT2D eigenvalue weighted by Crippen LogP contribution is -2.42. The Morgan fingerprint density at radius 2 is 2.21 bits per heavy atom. The quantitative estimate of drug-likeness (QED) is 0.826. The Hall–Kier alpha value is -1.86. The summed E-state index contributed by atoms with van der Waals surface area (Å²) in [6.07, 6.45) is 1.37. The van der Waals surface area contributed by atoms with Gasteiger partial charge < -0.3 is 10.0 Å². The number of carbonyl (C=O) groups is 2. The summed E-state index contributed by atoms with van der Waals surface area (Å²) in [6, 6.07) is 7.51. The highest BCUT2D eigenvalue weighted by Crippen LogP contribution is 2.28. The summed E-state index contributed by atoms with van der Waals surface area (Å²) < 4.78 is 0. The van der Waals surface area contributed by atoms with Crippen LogP contribution in [0.25, 0.3) is 0 Å². The van der Waals surface area contributed by atoms with Crippen LogP contribution < -0.4 is 0 Å². The zero-order chi connectivity index (χ0) is 16.9. The van der Waals surface area contributed by atoms with Crippen LogP contribution in [0.4, 0.5) is 0 Å². The van der Waals surface area contributed by atoms with E-state index in [1.807, 2.05) is 29.6 Å². The fourth-order valence-electron chi connectivity index (χ4n) is 2.76. The summed E-state index contributed by atoms with van der Waals surface area (Å²) in [6.45, 7) is 0.910. The molecule has 1 aromatic carbocycles. The average molecular weight is 362 g/mol. The summed E-state index contributed by atoms with van der Waals surface area (Å²) in [5, 5.41) is 11.2. The SMILES string of the molecule is O=C(O)C1CCCN(C(=O)c2ccccc2SCc2cscn2)C1. The van der Waals surface area contributed by atoms with Crippen molar-refractivity contribution < 1.29 is 14.7 Å². The normalized spacial score (nSPS) is 17.7. The molecule has 3 rings (SSSR count). The molecule has 1 saturated heterocycles. The van der Waals surface area contributed by atoms with Crippen LogP contribution in [0.5, 0.6) is 0 Å². The highest BCUT2D eigenvalue weighted by atomic mass is 32.2. The van der Waals surface area contributed by atoms with Gasteiger partial charge in [0.1, 0.15) is 0 Å². The van der Waals surface area contributed by atoms with Crippen LogP contribution in [0, 0.1) is 5.92 Å². The lowest BCUT2D eigenvalue weighted by atomic mass is 9.97. The van der Waals surface area contributed by atoms with E-state index in [1.54, 1.807) is 33.5 Å². The fraction of sp³-hybridized carbons (Fsp3) is 0.353. The minimum Gasteiger partial charge on any atom is -0.481 e. The van der Waals surface area contributed by atoms with Gasteiger partial charge in [-0.25, -0.2) is 4.98 Å². The number of thiazole rings is 1. The van der Waals surface area contributed by atoms with Crippen LogP contribution in [0.1, 0.15) is 28.9 Å². The van der Waals surface area contributed by atoms with E-state index < -0.39 is 11.9 Å². The molecule has 0 bridgehead atoms. The lowest BCUT2D eigenvalue weighted by Gasteiger charge is -2.31. The van der Waals surface area contributed by atoms with Gasteiger partial charge in [0.05, 0.1) is 22.7 Å². The van der Waals surface area contributed by atoms with Crippen molar-refractivity contribution in [2.75, 3.05) is 13.1 Å². The number of aliphatic carboxylic acids is 1. The van der Waals surface area contributed by atoms with Gasteiger partial charge in [-0.15, -0.1) is 23.1 Å². The van der Waals surface area contributed by atoms with Crippen LogP contribution in [0.2, 0.25) is 0 Å². The van der Waals surface area contributed by atoms with Crippen molar-refractivity contribution in [3.05, 3.63) is 46.4 Å². The van der Waals surface area contributed by atoms with Crippen LogP contribution in [-0.2, 0) is 10.5 Å². The topological polar surface area (TPSA) is 70.5 Å². The van der Waals surface area contributed by atoms with Gasteiger partial charge in [0.25, 0.3) is 5.91 Å². The monoisotopic (exact) mass is 362 g/mol. The molecule has 1 atom stereocenters. The van der Waals surface area contributed by atoms with Crippen molar-refractivity contribution in [1.82, 2.24) is 9.88 Å². The van der Waals surface area contributed by atoms with Crippen LogP contribution in [0.15, 0.2) is 40.1 Å². The van der Waals surface area contributed by atoms with Gasteiger partial charge >= 0.3 is 5.97 Å². The maximum atomic E-state index is 12.9. The van der Waals surface area contributed by atoms with Gasteiger partial charge in [0, 0.05) is 29.1 Å². The number of hydrogen-bond acceptors (Lipinski definition) is 5. The molecule has 0 aliphatic carbocycles. The molecule has 1 N–H and O–H groups in total. The molecule has 1 aliphatic heterocycles. The standard InChI is InChI=1S/C17H18N2O3S2/c20-16(19-7-3-4-12(8-19)17(21)22)14-5-1-2-6-15(14)24-10-13-9-23-11-18-13/h1-2,5-6,9,11-12H,3-4,7-8,10H2,(H,21,22). The molecule has 0 saturated carbocycles. The number of thioether (sulfide) groups is 1. The molecule has 24 heavy (non-hydrogen) atoms. The van der Waals surface area contributed by atoms with Crippen molar-refractivity contribution in [2.45, 2.75) is 23.5 Å². The maximum Gasteiger partial charge on any atom is 0.308 e. The Morgan fingerprint density at radius 3 is 2.96 bits per heavy atom. The molecule has 126 valence electrons. The van der Waals surface area contributed by atoms with Crippen molar-refractivity contribution >= 4 is 35.0 Å². The van der Waals surface area contributed by atoms with E-state index in [4.69, 9.17) is 0 Å². The minimum atomic E-state index is -0.821. The Labute approximate surface area is 148 Å². The van der Waals surface area contributed by atoms with Crippen LogP contribution in [0.3, 0.4) is 0 Å². The largest absolute Gasteiger partial charge is 0.481 e. The first-order valence-electron chi connectivity index (χ1n) is 7.76. The van der Waals surface area contributed by atoms with Crippen molar-refractivity contribution in [1.29, 1.82) is 0 Å². The van der Waals surface area contributed by atoms with E-state index >= 15 is 0 Å².